The summed E-state index contributed by atoms with van der Waals surface area (Å²) in [6.45, 7) is 0. The van der Waals surface area contributed by atoms with Gasteiger partial charge in [-0.1, -0.05) is 0 Å². The van der Waals surface area contributed by atoms with E-state index in [-0.39, 0.29) is 6.29 Å². The van der Waals surface area contributed by atoms with E-state index in [4.69, 9.17) is 9.47 Å². The minimum absolute atomic E-state index is 0.0938. The highest BCUT2D eigenvalue weighted by atomic mass is 16.7. The Morgan fingerprint density at radius 2 is 2.00 bits per heavy atom. The number of ether oxygens (including phenoxy) is 2. The first-order chi connectivity index (χ1) is 4.84. The number of aliphatic hydroxyl groups excluding tert-OH is 1. The monoisotopic (exact) mass is 142 g/mol. The van der Waals surface area contributed by atoms with Crippen molar-refractivity contribution in [3.63, 3.8) is 0 Å². The molecule has 1 saturated carbocycles. The van der Waals surface area contributed by atoms with E-state index in [0.717, 1.165) is 12.8 Å². The molecule has 10 heavy (non-hydrogen) atoms. The van der Waals surface area contributed by atoms with Gasteiger partial charge in [-0.25, -0.2) is 0 Å². The van der Waals surface area contributed by atoms with Crippen LogP contribution in [0.3, 0.4) is 0 Å². The predicted molar refractivity (Wildman–Crippen MR) is 32.0 cm³/mol. The minimum Gasteiger partial charge on any atom is -0.368 e. The molecule has 2 aliphatic heterocycles. The zero-order chi connectivity index (χ0) is 6.72. The third-order valence-corrected chi connectivity index (χ3v) is 2.98. The van der Waals surface area contributed by atoms with Crippen molar-refractivity contribution in [3.8, 4) is 0 Å². The van der Waals surface area contributed by atoms with Crippen LogP contribution in [0.15, 0.2) is 0 Å². The fraction of sp³-hybridized carbons (Fsp3) is 1.00. The molecule has 5 unspecified atom stereocenters. The number of hydrogen-bond acceptors (Lipinski definition) is 3. The Kier molecular flexibility index (Phi) is 0.854. The molecule has 56 valence electrons. The quantitative estimate of drug-likeness (QED) is 0.520. The third kappa shape index (κ3) is 0.480. The van der Waals surface area contributed by atoms with Gasteiger partial charge < -0.3 is 14.6 Å². The van der Waals surface area contributed by atoms with Gasteiger partial charge in [0.15, 0.2) is 12.6 Å². The van der Waals surface area contributed by atoms with Crippen molar-refractivity contribution in [1.82, 2.24) is 0 Å². The third-order valence-electron chi connectivity index (χ3n) is 2.98. The van der Waals surface area contributed by atoms with Gasteiger partial charge in [0, 0.05) is 12.3 Å². The first kappa shape index (κ1) is 5.52. The van der Waals surface area contributed by atoms with E-state index >= 15 is 0 Å². The van der Waals surface area contributed by atoms with Gasteiger partial charge >= 0.3 is 0 Å². The summed E-state index contributed by atoms with van der Waals surface area (Å²) in [6, 6.07) is 0. The van der Waals surface area contributed by atoms with E-state index in [0.29, 0.717) is 17.9 Å². The van der Waals surface area contributed by atoms with Crippen molar-refractivity contribution in [2.45, 2.75) is 31.5 Å². The number of aliphatic hydroxyl groups is 1. The maximum absolute atomic E-state index is 9.29. The van der Waals surface area contributed by atoms with Gasteiger partial charge in [0.05, 0.1) is 6.10 Å². The fourth-order valence-electron chi connectivity index (χ4n) is 2.33. The summed E-state index contributed by atoms with van der Waals surface area (Å²) in [6.07, 6.45) is 1.78. The Balaban J connectivity index is 1.93. The van der Waals surface area contributed by atoms with Gasteiger partial charge in [0.2, 0.25) is 0 Å². The first-order valence-corrected chi connectivity index (χ1v) is 3.83. The smallest absolute Gasteiger partial charge is 0.161 e. The number of fused-ring (bicyclic) bond motifs is 1. The second-order valence-corrected chi connectivity index (χ2v) is 3.43. The van der Waals surface area contributed by atoms with Crippen molar-refractivity contribution in [1.29, 1.82) is 0 Å². The van der Waals surface area contributed by atoms with Crippen LogP contribution in [0, 0.1) is 11.8 Å². The Bertz CT molecular complexity index is 168. The van der Waals surface area contributed by atoms with Gasteiger partial charge in [-0.15, -0.1) is 0 Å². The molecular formula is C7H10O3. The first-order valence-electron chi connectivity index (χ1n) is 3.83. The van der Waals surface area contributed by atoms with E-state index in [1.54, 1.807) is 0 Å². The lowest BCUT2D eigenvalue weighted by Gasteiger charge is -2.41. The van der Waals surface area contributed by atoms with Gasteiger partial charge in [0.25, 0.3) is 0 Å². The summed E-state index contributed by atoms with van der Waals surface area (Å²) in [4.78, 5) is 0. The molecule has 2 bridgehead atoms. The molecule has 1 N–H and O–H groups in total. The number of rotatable bonds is 0. The molecule has 0 radical (unpaired) electrons. The molecule has 0 aromatic rings. The van der Waals surface area contributed by atoms with E-state index in [2.05, 4.69) is 0 Å². The Labute approximate surface area is 58.9 Å². The van der Waals surface area contributed by atoms with Crippen LogP contribution in [-0.2, 0) is 9.47 Å². The summed E-state index contributed by atoms with van der Waals surface area (Å²) >= 11 is 0. The van der Waals surface area contributed by atoms with Crippen LogP contribution in [0.5, 0.6) is 0 Å². The molecule has 2 saturated heterocycles. The van der Waals surface area contributed by atoms with E-state index in [1.807, 2.05) is 0 Å². The van der Waals surface area contributed by atoms with Crippen LogP contribution in [0.2, 0.25) is 0 Å². The maximum atomic E-state index is 9.29. The summed E-state index contributed by atoms with van der Waals surface area (Å²) in [5, 5.41) is 9.29. The average Bonchev–Trinajstić information content (AvgIpc) is 2.10. The summed E-state index contributed by atoms with van der Waals surface area (Å²) < 4.78 is 10.6. The van der Waals surface area contributed by atoms with Crippen molar-refractivity contribution < 1.29 is 14.6 Å². The molecule has 3 heteroatoms. The maximum Gasteiger partial charge on any atom is 0.161 e. The molecule has 3 nitrogen and oxygen atoms in total. The summed E-state index contributed by atoms with van der Waals surface area (Å²) in [7, 11) is 0. The van der Waals surface area contributed by atoms with E-state index in [9.17, 15) is 5.11 Å². The SMILES string of the molecule is OC1OC2CC3C(CC13)O2. The van der Waals surface area contributed by atoms with E-state index < -0.39 is 6.29 Å². The normalized spacial score (nSPS) is 63.9. The van der Waals surface area contributed by atoms with Crippen molar-refractivity contribution in [3.05, 3.63) is 0 Å². The van der Waals surface area contributed by atoms with Crippen LogP contribution in [-0.4, -0.2) is 23.8 Å². The zero-order valence-corrected chi connectivity index (χ0v) is 5.56. The van der Waals surface area contributed by atoms with Crippen LogP contribution in [0.4, 0.5) is 0 Å². The molecule has 3 aliphatic rings. The Hall–Kier alpha value is -0.120. The second-order valence-electron chi connectivity index (χ2n) is 3.43. The molecule has 1 aliphatic carbocycles. The fourth-order valence-corrected chi connectivity index (χ4v) is 2.33. The molecule has 5 atom stereocenters. The van der Waals surface area contributed by atoms with Crippen molar-refractivity contribution in [2.24, 2.45) is 11.8 Å². The van der Waals surface area contributed by atoms with Crippen molar-refractivity contribution in [2.75, 3.05) is 0 Å². The Morgan fingerprint density at radius 3 is 2.90 bits per heavy atom. The highest BCUT2D eigenvalue weighted by Gasteiger charge is 2.56. The van der Waals surface area contributed by atoms with Crippen LogP contribution in [0.25, 0.3) is 0 Å². The van der Waals surface area contributed by atoms with Crippen LogP contribution >= 0.6 is 0 Å². The molecule has 0 aromatic carbocycles. The Morgan fingerprint density at radius 1 is 1.10 bits per heavy atom. The summed E-state index contributed by atoms with van der Waals surface area (Å²) in [5.74, 6) is 0.984. The molecule has 2 heterocycles. The van der Waals surface area contributed by atoms with Crippen molar-refractivity contribution >= 4 is 0 Å². The zero-order valence-electron chi connectivity index (χ0n) is 5.56. The van der Waals surface area contributed by atoms with Gasteiger partial charge in [-0.3, -0.25) is 0 Å². The molecule has 0 spiro atoms. The molecule has 3 fully saturated rings. The highest BCUT2D eigenvalue weighted by molar-refractivity contribution is 4.99. The second kappa shape index (κ2) is 1.55. The molecule has 0 amide bonds. The average molecular weight is 142 g/mol. The lowest BCUT2D eigenvalue weighted by Crippen LogP contribution is -2.46. The molecular weight excluding hydrogens is 132 g/mol. The topological polar surface area (TPSA) is 38.7 Å². The standard InChI is InChI=1S/C7H10O3/c8-7-4-1-5-3(4)2-6(9-5)10-7/h3-8H,1-2H2. The highest BCUT2D eigenvalue weighted by Crippen LogP contribution is 2.52. The largest absolute Gasteiger partial charge is 0.368 e. The predicted octanol–water partition coefficient (Wildman–Crippen LogP) is 0.0861. The lowest BCUT2D eigenvalue weighted by molar-refractivity contribution is -0.229. The minimum atomic E-state index is -0.539. The summed E-state index contributed by atoms with van der Waals surface area (Å²) in [5.41, 5.74) is 0. The van der Waals surface area contributed by atoms with Crippen LogP contribution < -0.4 is 0 Å². The van der Waals surface area contributed by atoms with Gasteiger partial charge in [-0.2, -0.15) is 0 Å². The lowest BCUT2D eigenvalue weighted by atomic mass is 9.69. The van der Waals surface area contributed by atoms with Crippen LogP contribution in [0.1, 0.15) is 12.8 Å². The van der Waals surface area contributed by atoms with E-state index in [1.165, 1.54) is 0 Å². The van der Waals surface area contributed by atoms with Gasteiger partial charge in [0.1, 0.15) is 0 Å². The molecule has 3 rings (SSSR count). The van der Waals surface area contributed by atoms with Gasteiger partial charge in [-0.05, 0) is 12.3 Å². The molecule has 0 aromatic heterocycles. The number of hydrogen-bond donors (Lipinski definition) is 1.